The molecule has 1 saturated heterocycles. The lowest BCUT2D eigenvalue weighted by atomic mass is 9.94. The van der Waals surface area contributed by atoms with E-state index in [1.165, 1.54) is 22.4 Å². The molecule has 0 aliphatic carbocycles. The summed E-state index contributed by atoms with van der Waals surface area (Å²) in [5, 5.41) is 8.02. The van der Waals surface area contributed by atoms with E-state index in [-0.39, 0.29) is 11.8 Å². The average molecular weight is 481 g/mol. The second-order valence-corrected chi connectivity index (χ2v) is 9.56. The van der Waals surface area contributed by atoms with E-state index >= 15 is 0 Å². The smallest absolute Gasteiger partial charge is 0.229 e. The van der Waals surface area contributed by atoms with E-state index in [4.69, 9.17) is 4.98 Å². The molecule has 0 unspecified atom stereocenters. The van der Waals surface area contributed by atoms with Gasteiger partial charge in [-0.25, -0.2) is 4.98 Å². The van der Waals surface area contributed by atoms with Crippen LogP contribution in [0.4, 0.5) is 5.82 Å². The topological polar surface area (TPSA) is 65.8 Å². The summed E-state index contributed by atoms with van der Waals surface area (Å²) < 4.78 is 3.06. The fraction of sp³-hybridized carbons (Fsp3) is 0.435. The Kier molecular flexibility index (Phi) is 4.72. The van der Waals surface area contributed by atoms with E-state index in [0.29, 0.717) is 6.54 Å². The molecule has 2 aromatic heterocycles. The molecule has 1 amide bonds. The van der Waals surface area contributed by atoms with Crippen molar-refractivity contribution in [3.63, 3.8) is 0 Å². The van der Waals surface area contributed by atoms with Crippen molar-refractivity contribution in [3.05, 3.63) is 57.3 Å². The van der Waals surface area contributed by atoms with Gasteiger partial charge in [0.2, 0.25) is 5.91 Å². The Balaban J connectivity index is 1.23. The summed E-state index contributed by atoms with van der Waals surface area (Å²) in [6.45, 7) is 4.90. The third kappa shape index (κ3) is 3.24. The molecule has 0 spiro atoms. The maximum absolute atomic E-state index is 13.3. The van der Waals surface area contributed by atoms with Crippen LogP contribution in [0.25, 0.3) is 5.65 Å². The van der Waals surface area contributed by atoms with Gasteiger partial charge in [0, 0.05) is 55.2 Å². The molecule has 31 heavy (non-hydrogen) atoms. The molecule has 0 bridgehead atoms. The number of fused-ring (bicyclic) bond motifs is 3. The molecule has 3 aliphatic rings. The van der Waals surface area contributed by atoms with Crippen molar-refractivity contribution in [2.45, 2.75) is 25.8 Å². The molecular formula is C23H25BrN6O. The van der Waals surface area contributed by atoms with Crippen LogP contribution in [-0.2, 0) is 30.6 Å². The Hall–Kier alpha value is -2.45. The van der Waals surface area contributed by atoms with Crippen molar-refractivity contribution in [1.29, 1.82) is 0 Å². The summed E-state index contributed by atoms with van der Waals surface area (Å²) in [6.07, 6.45) is 4.62. The van der Waals surface area contributed by atoms with Crippen molar-refractivity contribution in [2.24, 2.45) is 5.92 Å². The molecule has 1 aromatic carbocycles. The van der Waals surface area contributed by atoms with E-state index in [2.05, 4.69) is 49.4 Å². The quantitative estimate of drug-likeness (QED) is 0.608. The predicted molar refractivity (Wildman–Crippen MR) is 122 cm³/mol. The van der Waals surface area contributed by atoms with Crippen molar-refractivity contribution in [3.8, 4) is 0 Å². The van der Waals surface area contributed by atoms with E-state index in [0.717, 1.165) is 67.9 Å². The highest BCUT2D eigenvalue weighted by Crippen LogP contribution is 2.33. The summed E-state index contributed by atoms with van der Waals surface area (Å²) >= 11 is 3.66. The molecule has 6 rings (SSSR count). The van der Waals surface area contributed by atoms with Gasteiger partial charge in [0.05, 0.1) is 17.8 Å². The van der Waals surface area contributed by atoms with Crippen LogP contribution < -0.4 is 10.2 Å². The minimum Gasteiger partial charge on any atom is -0.354 e. The number of nitrogens with one attached hydrogen (secondary N) is 1. The van der Waals surface area contributed by atoms with E-state index in [1.54, 1.807) is 0 Å². The number of carbonyl (C=O) groups excluding carboxylic acids is 1. The summed E-state index contributed by atoms with van der Waals surface area (Å²) in [4.78, 5) is 22.5. The van der Waals surface area contributed by atoms with Crippen LogP contribution in [0.1, 0.15) is 22.4 Å². The molecule has 3 aromatic rings. The molecule has 3 aliphatic heterocycles. The van der Waals surface area contributed by atoms with E-state index < -0.39 is 0 Å². The molecular weight excluding hydrogens is 456 g/mol. The number of anilines is 1. The van der Waals surface area contributed by atoms with Crippen molar-refractivity contribution < 1.29 is 4.79 Å². The Morgan fingerprint density at radius 2 is 1.97 bits per heavy atom. The number of benzene rings is 1. The zero-order chi connectivity index (χ0) is 20.9. The first-order valence-corrected chi connectivity index (χ1v) is 11.8. The molecule has 5 heterocycles. The molecule has 1 fully saturated rings. The lowest BCUT2D eigenvalue weighted by Crippen LogP contribution is -2.56. The summed E-state index contributed by atoms with van der Waals surface area (Å²) in [6, 6.07) is 8.28. The SMILES string of the molecule is O=C(C1CN(c2c3c(nc4ccnn24)CCNCC3)C1)N1CCc2cccc(Br)c2C1. The van der Waals surface area contributed by atoms with Crippen molar-refractivity contribution >= 4 is 33.3 Å². The van der Waals surface area contributed by atoms with Crippen molar-refractivity contribution in [2.75, 3.05) is 37.6 Å². The van der Waals surface area contributed by atoms with E-state index in [1.807, 2.05) is 21.7 Å². The number of hydrogen-bond acceptors (Lipinski definition) is 5. The van der Waals surface area contributed by atoms with Gasteiger partial charge in [-0.3, -0.25) is 4.79 Å². The lowest BCUT2D eigenvalue weighted by Gasteiger charge is -2.43. The monoisotopic (exact) mass is 480 g/mol. The van der Waals surface area contributed by atoms with Crippen molar-refractivity contribution in [1.82, 2.24) is 24.8 Å². The van der Waals surface area contributed by atoms with Gasteiger partial charge in [0.15, 0.2) is 5.65 Å². The number of hydrogen-bond donors (Lipinski definition) is 1. The maximum Gasteiger partial charge on any atom is 0.229 e. The van der Waals surface area contributed by atoms with Crippen LogP contribution in [0, 0.1) is 5.92 Å². The predicted octanol–water partition coefficient (Wildman–Crippen LogP) is 2.20. The average Bonchev–Trinajstić information content (AvgIpc) is 3.09. The summed E-state index contributed by atoms with van der Waals surface area (Å²) in [7, 11) is 0. The summed E-state index contributed by atoms with van der Waals surface area (Å²) in [5.41, 5.74) is 5.94. The van der Waals surface area contributed by atoms with Crippen LogP contribution >= 0.6 is 15.9 Å². The normalized spacial score (nSPS) is 19.0. The maximum atomic E-state index is 13.3. The highest BCUT2D eigenvalue weighted by Gasteiger charge is 2.39. The Morgan fingerprint density at radius 3 is 2.87 bits per heavy atom. The largest absolute Gasteiger partial charge is 0.354 e. The third-order valence-electron chi connectivity index (χ3n) is 6.84. The first kappa shape index (κ1) is 19.3. The van der Waals surface area contributed by atoms with Crippen LogP contribution in [0.3, 0.4) is 0 Å². The van der Waals surface area contributed by atoms with Gasteiger partial charge in [0.25, 0.3) is 0 Å². The standard InChI is InChI=1S/C23H25BrN6O/c24-19-3-1-2-15-7-11-28(14-18(15)19)23(31)16-12-29(13-16)22-17-4-8-25-9-5-20(17)27-21-6-10-26-30(21)22/h1-3,6,10,16,25H,4-5,7-9,11-14H2. The minimum absolute atomic E-state index is 0.0439. The zero-order valence-electron chi connectivity index (χ0n) is 17.4. The van der Waals surface area contributed by atoms with Crippen LogP contribution in [-0.4, -0.2) is 58.1 Å². The number of aromatic nitrogens is 3. The molecule has 7 nitrogen and oxygen atoms in total. The Morgan fingerprint density at radius 1 is 1.10 bits per heavy atom. The Labute approximate surface area is 189 Å². The molecule has 0 saturated carbocycles. The number of rotatable bonds is 2. The van der Waals surface area contributed by atoms with Gasteiger partial charge in [0.1, 0.15) is 5.82 Å². The van der Waals surface area contributed by atoms with Gasteiger partial charge in [-0.05, 0) is 36.6 Å². The van der Waals surface area contributed by atoms with Gasteiger partial charge < -0.3 is 15.1 Å². The number of halogens is 1. The van der Waals surface area contributed by atoms with Crippen LogP contribution in [0.2, 0.25) is 0 Å². The molecule has 160 valence electrons. The lowest BCUT2D eigenvalue weighted by molar-refractivity contribution is -0.137. The first-order valence-electron chi connectivity index (χ1n) is 11.1. The second-order valence-electron chi connectivity index (χ2n) is 8.70. The van der Waals surface area contributed by atoms with Gasteiger partial charge in [-0.2, -0.15) is 9.61 Å². The molecule has 0 atom stereocenters. The first-order chi connectivity index (χ1) is 15.2. The summed E-state index contributed by atoms with van der Waals surface area (Å²) in [5.74, 6) is 1.45. The fourth-order valence-corrected chi connectivity index (χ4v) is 5.67. The zero-order valence-corrected chi connectivity index (χ0v) is 18.9. The van der Waals surface area contributed by atoms with Crippen LogP contribution in [0.5, 0.6) is 0 Å². The highest BCUT2D eigenvalue weighted by atomic mass is 79.9. The van der Waals surface area contributed by atoms with Gasteiger partial charge in [-0.1, -0.05) is 28.1 Å². The van der Waals surface area contributed by atoms with Gasteiger partial charge >= 0.3 is 0 Å². The minimum atomic E-state index is 0.0439. The fourth-order valence-electron chi connectivity index (χ4n) is 5.13. The number of amides is 1. The second kappa shape index (κ2) is 7.60. The molecule has 0 radical (unpaired) electrons. The molecule has 8 heteroatoms. The molecule has 1 N–H and O–H groups in total. The highest BCUT2D eigenvalue weighted by molar-refractivity contribution is 9.10. The third-order valence-corrected chi connectivity index (χ3v) is 7.58. The Bertz CT molecular complexity index is 1170. The number of carbonyl (C=O) groups is 1. The van der Waals surface area contributed by atoms with Gasteiger partial charge in [-0.15, -0.1) is 0 Å². The number of nitrogens with zero attached hydrogens (tertiary/aromatic N) is 5. The van der Waals surface area contributed by atoms with E-state index in [9.17, 15) is 4.79 Å². The van der Waals surface area contributed by atoms with Crippen LogP contribution in [0.15, 0.2) is 34.9 Å².